The van der Waals surface area contributed by atoms with Gasteiger partial charge in [0.1, 0.15) is 5.56 Å². The lowest BCUT2D eigenvalue weighted by atomic mass is 10.2. The van der Waals surface area contributed by atoms with E-state index in [-0.39, 0.29) is 5.69 Å². The van der Waals surface area contributed by atoms with Crippen molar-refractivity contribution in [3.63, 3.8) is 0 Å². The molecule has 0 aliphatic rings. The molecule has 0 unspecified atom stereocenters. The van der Waals surface area contributed by atoms with E-state index in [1.165, 1.54) is 6.07 Å². The van der Waals surface area contributed by atoms with Gasteiger partial charge in [0, 0.05) is 17.0 Å². The fraction of sp³-hybridized carbons (Fsp3) is 0. The van der Waals surface area contributed by atoms with Crippen molar-refractivity contribution in [1.82, 2.24) is 0 Å². The Hall–Kier alpha value is -2.12. The fourth-order valence-electron chi connectivity index (χ4n) is 1.21. The summed E-state index contributed by atoms with van der Waals surface area (Å²) in [4.78, 5) is 10.3. The first-order valence-electron chi connectivity index (χ1n) is 4.55. The van der Waals surface area contributed by atoms with Crippen LogP contribution in [0.1, 0.15) is 11.1 Å². The van der Waals surface area contributed by atoms with Crippen molar-refractivity contribution in [2.75, 3.05) is 0 Å². The molecule has 0 spiro atoms. The monoisotopic (exact) mass is 229 g/mol. The van der Waals surface area contributed by atoms with Gasteiger partial charge in [-0.05, 0) is 17.5 Å². The third-order valence-corrected chi connectivity index (χ3v) is 2.65. The predicted molar refractivity (Wildman–Crippen MR) is 63.4 cm³/mol. The lowest BCUT2D eigenvalue weighted by molar-refractivity contribution is -0.385. The minimum absolute atomic E-state index is 0.0465. The van der Waals surface area contributed by atoms with E-state index >= 15 is 0 Å². The summed E-state index contributed by atoms with van der Waals surface area (Å²) in [5, 5.41) is 14.5. The number of hydrogen-bond donors (Lipinski definition) is 0. The van der Waals surface area contributed by atoms with Crippen LogP contribution in [0.25, 0.3) is 0 Å². The Balaban J connectivity index is 2.38. The van der Waals surface area contributed by atoms with E-state index in [0.29, 0.717) is 5.56 Å². The van der Waals surface area contributed by atoms with Crippen LogP contribution in [0, 0.1) is 22.0 Å². The van der Waals surface area contributed by atoms with Crippen LogP contribution in [0.3, 0.4) is 0 Å². The number of nitro groups is 1. The Bertz CT molecular complexity index is 564. The lowest BCUT2D eigenvalue weighted by Gasteiger charge is -1.93. The molecule has 16 heavy (non-hydrogen) atoms. The largest absolute Gasteiger partial charge is 0.284 e. The van der Waals surface area contributed by atoms with E-state index in [9.17, 15) is 10.1 Å². The molecule has 78 valence electrons. The number of nitro benzene ring substituents is 1. The first kappa shape index (κ1) is 10.4. The van der Waals surface area contributed by atoms with Crippen LogP contribution in [0.4, 0.5) is 5.69 Å². The van der Waals surface area contributed by atoms with Crippen molar-refractivity contribution in [3.8, 4) is 11.8 Å². The van der Waals surface area contributed by atoms with Crippen LogP contribution in [-0.2, 0) is 0 Å². The summed E-state index contributed by atoms with van der Waals surface area (Å²) in [6.45, 7) is 0. The van der Waals surface area contributed by atoms with Crippen LogP contribution < -0.4 is 0 Å². The van der Waals surface area contributed by atoms with Gasteiger partial charge in [0.2, 0.25) is 0 Å². The molecule has 0 N–H and O–H groups in total. The Morgan fingerprint density at radius 3 is 2.69 bits per heavy atom. The maximum absolute atomic E-state index is 10.7. The number of benzene rings is 1. The van der Waals surface area contributed by atoms with Gasteiger partial charge in [-0.2, -0.15) is 11.3 Å². The second-order valence-electron chi connectivity index (χ2n) is 3.04. The van der Waals surface area contributed by atoms with Crippen molar-refractivity contribution >= 4 is 17.0 Å². The second kappa shape index (κ2) is 4.60. The van der Waals surface area contributed by atoms with Crippen LogP contribution in [-0.4, -0.2) is 4.92 Å². The van der Waals surface area contributed by atoms with Gasteiger partial charge in [-0.15, -0.1) is 0 Å². The van der Waals surface area contributed by atoms with Crippen LogP contribution in [0.5, 0.6) is 0 Å². The average Bonchev–Trinajstić information content (AvgIpc) is 2.79. The maximum atomic E-state index is 10.7. The van der Waals surface area contributed by atoms with E-state index < -0.39 is 4.92 Å². The summed E-state index contributed by atoms with van der Waals surface area (Å²) in [6.07, 6.45) is 0. The number of para-hydroxylation sites is 1. The Morgan fingerprint density at radius 2 is 2.00 bits per heavy atom. The van der Waals surface area contributed by atoms with Crippen LogP contribution in [0.15, 0.2) is 41.1 Å². The highest BCUT2D eigenvalue weighted by Gasteiger charge is 2.09. The van der Waals surface area contributed by atoms with Gasteiger partial charge in [-0.25, -0.2) is 0 Å². The maximum Gasteiger partial charge on any atom is 0.284 e. The average molecular weight is 229 g/mol. The lowest BCUT2D eigenvalue weighted by Crippen LogP contribution is -1.91. The van der Waals surface area contributed by atoms with E-state index in [0.717, 1.165) is 5.56 Å². The molecule has 0 amide bonds. The SMILES string of the molecule is O=[N+]([O-])c1ccccc1C#Cc1ccsc1. The molecule has 1 heterocycles. The zero-order chi connectivity index (χ0) is 11.4. The topological polar surface area (TPSA) is 43.1 Å². The van der Waals surface area contributed by atoms with Crippen LogP contribution in [0.2, 0.25) is 0 Å². The summed E-state index contributed by atoms with van der Waals surface area (Å²) in [5.74, 6) is 5.70. The fourth-order valence-corrected chi connectivity index (χ4v) is 1.80. The van der Waals surface area contributed by atoms with Gasteiger partial charge >= 0.3 is 0 Å². The molecular weight excluding hydrogens is 222 g/mol. The molecule has 4 heteroatoms. The summed E-state index contributed by atoms with van der Waals surface area (Å²) in [6, 6.07) is 8.36. The van der Waals surface area contributed by atoms with E-state index in [1.54, 1.807) is 29.5 Å². The van der Waals surface area contributed by atoms with Gasteiger partial charge in [0.25, 0.3) is 5.69 Å². The van der Waals surface area contributed by atoms with Gasteiger partial charge in [-0.1, -0.05) is 24.0 Å². The predicted octanol–water partition coefficient (Wildman–Crippen LogP) is 3.06. The van der Waals surface area contributed by atoms with Crippen molar-refractivity contribution in [1.29, 1.82) is 0 Å². The second-order valence-corrected chi connectivity index (χ2v) is 3.82. The molecule has 0 atom stereocenters. The molecule has 0 fully saturated rings. The first-order chi connectivity index (χ1) is 7.77. The standard InChI is InChI=1S/C12H7NO2S/c14-13(15)12-4-2-1-3-11(12)6-5-10-7-8-16-9-10/h1-4,7-9H. The number of hydrogen-bond acceptors (Lipinski definition) is 3. The zero-order valence-corrected chi connectivity index (χ0v) is 9.03. The van der Waals surface area contributed by atoms with Gasteiger partial charge < -0.3 is 0 Å². The van der Waals surface area contributed by atoms with Gasteiger partial charge in [-0.3, -0.25) is 10.1 Å². The Kier molecular flexibility index (Phi) is 2.99. The Morgan fingerprint density at radius 1 is 1.19 bits per heavy atom. The molecule has 3 nitrogen and oxygen atoms in total. The third-order valence-electron chi connectivity index (χ3n) is 1.96. The van der Waals surface area contributed by atoms with E-state index in [1.807, 2.05) is 16.8 Å². The van der Waals surface area contributed by atoms with Crippen molar-refractivity contribution in [2.24, 2.45) is 0 Å². The normalized spacial score (nSPS) is 9.25. The number of rotatable bonds is 1. The molecular formula is C12H7NO2S. The smallest absolute Gasteiger partial charge is 0.258 e. The molecule has 1 aromatic carbocycles. The van der Waals surface area contributed by atoms with Crippen molar-refractivity contribution in [3.05, 3.63) is 62.3 Å². The van der Waals surface area contributed by atoms with Gasteiger partial charge in [0.05, 0.1) is 4.92 Å². The molecule has 0 aliphatic carbocycles. The minimum Gasteiger partial charge on any atom is -0.258 e. The molecule has 0 aliphatic heterocycles. The first-order valence-corrected chi connectivity index (χ1v) is 5.49. The van der Waals surface area contributed by atoms with Crippen molar-refractivity contribution in [2.45, 2.75) is 0 Å². The number of thiophene rings is 1. The van der Waals surface area contributed by atoms with Crippen molar-refractivity contribution < 1.29 is 4.92 Å². The number of nitrogens with zero attached hydrogens (tertiary/aromatic N) is 1. The zero-order valence-electron chi connectivity index (χ0n) is 8.21. The van der Waals surface area contributed by atoms with Gasteiger partial charge in [0.15, 0.2) is 0 Å². The molecule has 0 radical (unpaired) electrons. The summed E-state index contributed by atoms with van der Waals surface area (Å²) in [7, 11) is 0. The summed E-state index contributed by atoms with van der Waals surface area (Å²) >= 11 is 1.55. The van der Waals surface area contributed by atoms with E-state index in [2.05, 4.69) is 11.8 Å². The highest BCUT2D eigenvalue weighted by Crippen LogP contribution is 2.16. The summed E-state index contributed by atoms with van der Waals surface area (Å²) in [5.41, 5.74) is 1.37. The van der Waals surface area contributed by atoms with E-state index in [4.69, 9.17) is 0 Å². The molecule has 0 saturated carbocycles. The highest BCUT2D eigenvalue weighted by atomic mass is 32.1. The quantitative estimate of drug-likeness (QED) is 0.428. The molecule has 1 aromatic heterocycles. The molecule has 2 rings (SSSR count). The third kappa shape index (κ3) is 2.27. The Labute approximate surface area is 96.5 Å². The molecule has 0 bridgehead atoms. The minimum atomic E-state index is -0.419. The molecule has 2 aromatic rings. The molecule has 0 saturated heterocycles. The summed E-state index contributed by atoms with van der Waals surface area (Å²) < 4.78 is 0. The highest BCUT2D eigenvalue weighted by molar-refractivity contribution is 7.08. The van der Waals surface area contributed by atoms with Crippen LogP contribution >= 0.6 is 11.3 Å².